The molecule has 7 rings (SSSR count). The fourth-order valence-electron chi connectivity index (χ4n) is 6.34. The molecule has 6 aliphatic rings. The van der Waals surface area contributed by atoms with E-state index in [9.17, 15) is 9.59 Å². The maximum Gasteiger partial charge on any atom is 0.238 e. The Morgan fingerprint density at radius 3 is 1.83 bits per heavy atom. The van der Waals surface area contributed by atoms with E-state index >= 15 is 0 Å². The van der Waals surface area contributed by atoms with Crippen molar-refractivity contribution in [1.29, 1.82) is 0 Å². The third kappa shape index (κ3) is 1.36. The molecule has 0 aromatic heterocycles. The number of hydrogen-bond donors (Lipinski definition) is 0. The van der Waals surface area contributed by atoms with E-state index in [0.29, 0.717) is 23.7 Å². The van der Waals surface area contributed by atoms with Gasteiger partial charge in [-0.3, -0.25) is 14.5 Å². The van der Waals surface area contributed by atoms with Gasteiger partial charge in [0.1, 0.15) is 0 Å². The van der Waals surface area contributed by atoms with Crippen molar-refractivity contribution in [3.63, 3.8) is 0 Å². The molecule has 6 atom stereocenters. The van der Waals surface area contributed by atoms with Crippen LogP contribution in [-0.2, 0) is 9.59 Å². The van der Waals surface area contributed by atoms with Crippen molar-refractivity contribution in [2.45, 2.75) is 19.3 Å². The summed E-state index contributed by atoms with van der Waals surface area (Å²) in [6.07, 6.45) is 8.21. The van der Waals surface area contributed by atoms with Crippen molar-refractivity contribution in [2.24, 2.45) is 35.5 Å². The van der Waals surface area contributed by atoms with Crippen LogP contribution in [0.1, 0.15) is 19.3 Å². The topological polar surface area (TPSA) is 37.4 Å². The molecule has 3 nitrogen and oxygen atoms in total. The number of carbonyl (C=O) groups excluding carboxylic acids is 2. The first kappa shape index (κ1) is 13.2. The summed E-state index contributed by atoms with van der Waals surface area (Å²) < 4.78 is 0. The van der Waals surface area contributed by atoms with Gasteiger partial charge in [-0.25, -0.2) is 0 Å². The fraction of sp³-hybridized carbons (Fsp3) is 0.429. The first-order chi connectivity index (χ1) is 11.8. The number of imide groups is 1. The van der Waals surface area contributed by atoms with Gasteiger partial charge in [0.25, 0.3) is 0 Å². The SMILES string of the molecule is O=C1[C@@H]2[C@H](C(=O)N1c1ccccc1)[C@H]1C[C@H]2C2=C1[C@H]1C=C[C@H]2CC1. The average molecular weight is 317 g/mol. The lowest BCUT2D eigenvalue weighted by molar-refractivity contribution is -0.123. The minimum absolute atomic E-state index is 0.0423. The summed E-state index contributed by atoms with van der Waals surface area (Å²) in [5.74, 6) is 1.59. The normalized spacial score (nSPS) is 41.4. The van der Waals surface area contributed by atoms with Crippen LogP contribution in [0, 0.1) is 35.5 Å². The second kappa shape index (κ2) is 4.27. The summed E-state index contributed by atoms with van der Waals surface area (Å²) >= 11 is 0. The summed E-state index contributed by atoms with van der Waals surface area (Å²) in [6, 6.07) is 9.45. The molecule has 1 heterocycles. The Bertz CT molecular complexity index is 789. The van der Waals surface area contributed by atoms with Gasteiger partial charge in [-0.2, -0.15) is 0 Å². The standard InChI is InChI=1S/C21H19NO2/c23-20-18-14-10-15(17-12-7-6-11(8-9-12)16(14)17)19(18)21(24)22(20)13-4-2-1-3-5-13/h1-7,11-12,14-15,18-19H,8-10H2/t11-,12-,14-,15-,18-,19+/m0/s1. The number of para-hydroxylation sites is 1. The molecule has 0 unspecified atom stereocenters. The fourth-order valence-corrected chi connectivity index (χ4v) is 6.34. The van der Waals surface area contributed by atoms with Crippen LogP contribution in [0.3, 0.4) is 0 Å². The lowest BCUT2D eigenvalue weighted by atomic mass is 9.63. The molecule has 1 aliphatic heterocycles. The van der Waals surface area contributed by atoms with Gasteiger partial charge >= 0.3 is 0 Å². The Hall–Kier alpha value is -2.16. The quantitative estimate of drug-likeness (QED) is 0.588. The second-order valence-electron chi connectivity index (χ2n) is 7.93. The molecular formula is C21H19NO2. The molecule has 5 aliphatic carbocycles. The minimum atomic E-state index is -0.103. The molecule has 24 heavy (non-hydrogen) atoms. The molecule has 0 radical (unpaired) electrons. The number of fused-ring (bicyclic) bond motifs is 6. The Kier molecular flexibility index (Phi) is 2.34. The highest BCUT2D eigenvalue weighted by atomic mass is 16.2. The van der Waals surface area contributed by atoms with Gasteiger partial charge < -0.3 is 0 Å². The molecule has 120 valence electrons. The zero-order valence-electron chi connectivity index (χ0n) is 13.4. The van der Waals surface area contributed by atoms with Crippen LogP contribution in [-0.4, -0.2) is 11.8 Å². The van der Waals surface area contributed by atoms with Gasteiger partial charge in [0.05, 0.1) is 17.5 Å². The second-order valence-corrected chi connectivity index (χ2v) is 7.93. The number of carbonyl (C=O) groups is 2. The van der Waals surface area contributed by atoms with E-state index in [1.165, 1.54) is 17.7 Å². The van der Waals surface area contributed by atoms with Crippen LogP contribution < -0.4 is 4.90 Å². The molecule has 2 amide bonds. The maximum atomic E-state index is 13.1. The highest BCUT2D eigenvalue weighted by molar-refractivity contribution is 6.23. The van der Waals surface area contributed by atoms with Gasteiger partial charge in [0.15, 0.2) is 0 Å². The van der Waals surface area contributed by atoms with Crippen LogP contribution in [0.25, 0.3) is 0 Å². The Labute approximate surface area is 141 Å². The van der Waals surface area contributed by atoms with Gasteiger partial charge in [-0.15, -0.1) is 0 Å². The number of anilines is 1. The van der Waals surface area contributed by atoms with Crippen molar-refractivity contribution in [3.8, 4) is 0 Å². The number of nitrogens with zero attached hydrogens (tertiary/aromatic N) is 1. The van der Waals surface area contributed by atoms with E-state index in [-0.39, 0.29) is 23.7 Å². The third-order valence-corrected chi connectivity index (χ3v) is 7.08. The van der Waals surface area contributed by atoms with E-state index in [4.69, 9.17) is 0 Å². The number of amides is 2. The van der Waals surface area contributed by atoms with Gasteiger partial charge in [0.2, 0.25) is 11.8 Å². The van der Waals surface area contributed by atoms with E-state index in [1.54, 1.807) is 11.1 Å². The highest BCUT2D eigenvalue weighted by Gasteiger charge is 2.65. The number of allylic oxidation sites excluding steroid dienone is 4. The van der Waals surface area contributed by atoms with Crippen LogP contribution in [0.4, 0.5) is 5.69 Å². The highest BCUT2D eigenvalue weighted by Crippen LogP contribution is 2.65. The minimum Gasteiger partial charge on any atom is -0.274 e. The van der Waals surface area contributed by atoms with Crippen LogP contribution in [0.5, 0.6) is 0 Å². The number of hydrogen-bond acceptors (Lipinski definition) is 2. The van der Waals surface area contributed by atoms with Crippen LogP contribution in [0.15, 0.2) is 53.6 Å². The molecule has 1 saturated carbocycles. The molecule has 2 fully saturated rings. The molecule has 0 spiro atoms. The Morgan fingerprint density at radius 1 is 0.792 bits per heavy atom. The summed E-state index contributed by atoms with van der Waals surface area (Å²) in [4.78, 5) is 27.7. The van der Waals surface area contributed by atoms with E-state index in [0.717, 1.165) is 12.1 Å². The molecular weight excluding hydrogens is 298 g/mol. The van der Waals surface area contributed by atoms with Gasteiger partial charge in [-0.1, -0.05) is 41.5 Å². The Morgan fingerprint density at radius 2 is 1.33 bits per heavy atom. The van der Waals surface area contributed by atoms with Gasteiger partial charge in [0, 0.05) is 0 Å². The lowest BCUT2D eigenvalue weighted by Crippen LogP contribution is -2.35. The molecule has 1 saturated heterocycles. The summed E-state index contributed by atoms with van der Waals surface area (Å²) in [5, 5.41) is 0. The molecule has 1 aromatic carbocycles. The third-order valence-electron chi connectivity index (χ3n) is 7.08. The smallest absolute Gasteiger partial charge is 0.238 e. The maximum absolute atomic E-state index is 13.1. The van der Waals surface area contributed by atoms with Crippen molar-refractivity contribution in [1.82, 2.24) is 0 Å². The Balaban J connectivity index is 1.45. The van der Waals surface area contributed by atoms with E-state index in [1.807, 2.05) is 30.3 Å². The first-order valence-corrected chi connectivity index (χ1v) is 9.10. The zero-order valence-corrected chi connectivity index (χ0v) is 13.4. The van der Waals surface area contributed by atoms with Crippen molar-refractivity contribution in [3.05, 3.63) is 53.6 Å². The lowest BCUT2D eigenvalue weighted by Gasteiger charge is -2.40. The molecule has 1 aromatic rings. The van der Waals surface area contributed by atoms with Crippen molar-refractivity contribution >= 4 is 17.5 Å². The van der Waals surface area contributed by atoms with Crippen molar-refractivity contribution < 1.29 is 9.59 Å². The summed E-state index contributed by atoms with van der Waals surface area (Å²) in [5.41, 5.74) is 3.84. The van der Waals surface area contributed by atoms with E-state index in [2.05, 4.69) is 12.2 Å². The van der Waals surface area contributed by atoms with Crippen LogP contribution >= 0.6 is 0 Å². The number of rotatable bonds is 1. The van der Waals surface area contributed by atoms with Crippen LogP contribution in [0.2, 0.25) is 0 Å². The van der Waals surface area contributed by atoms with Crippen molar-refractivity contribution in [2.75, 3.05) is 4.90 Å². The molecule has 0 N–H and O–H groups in total. The predicted molar refractivity (Wildman–Crippen MR) is 89.9 cm³/mol. The van der Waals surface area contributed by atoms with E-state index < -0.39 is 0 Å². The first-order valence-electron chi connectivity index (χ1n) is 9.10. The number of benzene rings is 1. The summed E-state index contributed by atoms with van der Waals surface area (Å²) in [7, 11) is 0. The average Bonchev–Trinajstić information content (AvgIpc) is 3.28. The zero-order chi connectivity index (χ0) is 16.0. The molecule has 4 bridgehead atoms. The van der Waals surface area contributed by atoms with Gasteiger partial charge in [-0.05, 0) is 55.1 Å². The monoisotopic (exact) mass is 317 g/mol. The largest absolute Gasteiger partial charge is 0.274 e. The predicted octanol–water partition coefficient (Wildman–Crippen LogP) is 3.33. The molecule has 3 heteroatoms. The summed E-state index contributed by atoms with van der Waals surface area (Å²) in [6.45, 7) is 0.